The van der Waals surface area contributed by atoms with E-state index in [1.165, 1.54) is 0 Å². The molecule has 0 heterocycles. The molecule has 0 fully saturated rings. The number of carbonyl (C=O) groups excluding carboxylic acids is 2. The summed E-state index contributed by atoms with van der Waals surface area (Å²) in [6.07, 6.45) is 0.355. The Kier molecular flexibility index (Phi) is 6.60. The van der Waals surface area contributed by atoms with Crippen molar-refractivity contribution in [1.29, 1.82) is 0 Å². The van der Waals surface area contributed by atoms with Crippen LogP contribution in [0.5, 0.6) is 0 Å². The second kappa shape index (κ2) is 7.97. The average Bonchev–Trinajstić information content (AvgIpc) is 2.46. The van der Waals surface area contributed by atoms with Crippen LogP contribution < -0.4 is 0 Å². The molecule has 22 heavy (non-hydrogen) atoms. The minimum Gasteiger partial charge on any atom is -0.465 e. The highest BCUT2D eigenvalue weighted by atomic mass is 16.6. The van der Waals surface area contributed by atoms with E-state index in [2.05, 4.69) is 0 Å². The van der Waals surface area contributed by atoms with Crippen LogP contribution in [0.3, 0.4) is 0 Å². The highest BCUT2D eigenvalue weighted by molar-refractivity contribution is 6.06. The molecule has 4 heteroatoms. The molecule has 122 valence electrons. The van der Waals surface area contributed by atoms with Crippen molar-refractivity contribution in [3.05, 3.63) is 35.4 Å². The van der Waals surface area contributed by atoms with Gasteiger partial charge in [0.1, 0.15) is 0 Å². The smallest absolute Gasteiger partial charge is 0.328 e. The molecule has 0 N–H and O–H groups in total. The third kappa shape index (κ3) is 3.87. The Balaban J connectivity index is 3.45. The third-order valence-corrected chi connectivity index (χ3v) is 3.51. The van der Waals surface area contributed by atoms with Gasteiger partial charge in [-0.1, -0.05) is 43.7 Å². The third-order valence-electron chi connectivity index (χ3n) is 3.51. The predicted octanol–water partition coefficient (Wildman–Crippen LogP) is 3.41. The monoisotopic (exact) mass is 306 g/mol. The van der Waals surface area contributed by atoms with Crippen LogP contribution >= 0.6 is 0 Å². The summed E-state index contributed by atoms with van der Waals surface area (Å²) >= 11 is 0. The van der Waals surface area contributed by atoms with Crippen LogP contribution in [-0.4, -0.2) is 25.2 Å². The summed E-state index contributed by atoms with van der Waals surface area (Å²) < 4.78 is 10.4. The number of esters is 2. The Morgan fingerprint density at radius 1 is 1.00 bits per heavy atom. The van der Waals surface area contributed by atoms with E-state index in [0.717, 1.165) is 5.56 Å². The second-order valence-electron chi connectivity index (χ2n) is 5.81. The van der Waals surface area contributed by atoms with Gasteiger partial charge < -0.3 is 9.47 Å². The molecule has 0 aliphatic rings. The van der Waals surface area contributed by atoms with Gasteiger partial charge in [0.05, 0.1) is 13.2 Å². The topological polar surface area (TPSA) is 52.6 Å². The Morgan fingerprint density at radius 3 is 1.82 bits per heavy atom. The molecule has 0 aromatic heterocycles. The molecule has 0 aliphatic heterocycles. The minimum atomic E-state index is -1.39. The van der Waals surface area contributed by atoms with Gasteiger partial charge in [0.2, 0.25) is 0 Å². The fraction of sp³-hybridized carbons (Fsp3) is 0.556. The summed E-state index contributed by atoms with van der Waals surface area (Å²) in [5.74, 6) is -0.938. The first kappa shape index (κ1) is 18.2. The van der Waals surface area contributed by atoms with Crippen LogP contribution in [0.2, 0.25) is 0 Å². The summed E-state index contributed by atoms with van der Waals surface area (Å²) in [5.41, 5.74) is 0.298. The first-order chi connectivity index (χ1) is 10.4. The second-order valence-corrected chi connectivity index (χ2v) is 5.81. The van der Waals surface area contributed by atoms with E-state index < -0.39 is 17.4 Å². The van der Waals surface area contributed by atoms with Crippen LogP contribution in [0.15, 0.2) is 24.3 Å². The van der Waals surface area contributed by atoms with Crippen molar-refractivity contribution in [3.63, 3.8) is 0 Å². The minimum absolute atomic E-state index is 0.134. The van der Waals surface area contributed by atoms with Crippen LogP contribution in [0.4, 0.5) is 0 Å². The van der Waals surface area contributed by atoms with Crippen LogP contribution in [0, 0.1) is 12.8 Å². The molecular formula is C18H26O4. The molecule has 0 unspecified atom stereocenters. The highest BCUT2D eigenvalue weighted by Gasteiger charge is 2.50. The molecule has 0 saturated heterocycles. The van der Waals surface area contributed by atoms with Gasteiger partial charge in [-0.25, -0.2) is 0 Å². The van der Waals surface area contributed by atoms with Gasteiger partial charge in [0, 0.05) is 0 Å². The molecule has 0 saturated carbocycles. The molecule has 1 aromatic rings. The van der Waals surface area contributed by atoms with Crippen LogP contribution in [0.25, 0.3) is 0 Å². The maximum Gasteiger partial charge on any atom is 0.328 e. The molecule has 0 atom stereocenters. The lowest BCUT2D eigenvalue weighted by atomic mass is 9.74. The number of carbonyl (C=O) groups is 2. The zero-order valence-electron chi connectivity index (χ0n) is 14.1. The maximum atomic E-state index is 12.7. The Hall–Kier alpha value is -1.84. The predicted molar refractivity (Wildman–Crippen MR) is 85.6 cm³/mol. The molecule has 0 spiro atoms. The molecule has 4 nitrogen and oxygen atoms in total. The highest BCUT2D eigenvalue weighted by Crippen LogP contribution is 2.35. The molecule has 0 bridgehead atoms. The first-order valence-corrected chi connectivity index (χ1v) is 7.80. The van der Waals surface area contributed by atoms with E-state index >= 15 is 0 Å². The molecule has 0 amide bonds. The van der Waals surface area contributed by atoms with E-state index in [9.17, 15) is 9.59 Å². The van der Waals surface area contributed by atoms with Gasteiger partial charge in [-0.15, -0.1) is 0 Å². The summed E-state index contributed by atoms with van der Waals surface area (Å²) in [6.45, 7) is 9.83. The van der Waals surface area contributed by atoms with Gasteiger partial charge >= 0.3 is 11.9 Å². The standard InChI is InChI=1S/C18H26O4/c1-6-21-16(19)18(12-13(3)4,17(20)22-7-2)15-10-8-14(5)9-11-15/h8-11,13H,6-7,12H2,1-5H3. The number of benzene rings is 1. The van der Waals surface area contributed by atoms with E-state index in [1.807, 2.05) is 45.0 Å². The summed E-state index contributed by atoms with van der Waals surface area (Å²) in [6, 6.07) is 7.41. The molecule has 1 rings (SSSR count). The van der Waals surface area contributed by atoms with Gasteiger partial charge in [-0.2, -0.15) is 0 Å². The Morgan fingerprint density at radius 2 is 1.45 bits per heavy atom. The maximum absolute atomic E-state index is 12.7. The molecular weight excluding hydrogens is 280 g/mol. The number of ether oxygens (including phenoxy) is 2. The van der Waals surface area contributed by atoms with E-state index in [4.69, 9.17) is 9.47 Å². The average molecular weight is 306 g/mol. The summed E-state index contributed by atoms with van der Waals surface area (Å²) in [4.78, 5) is 25.4. The van der Waals surface area contributed by atoms with Crippen LogP contribution in [0.1, 0.15) is 45.2 Å². The molecule has 1 aromatic carbocycles. The zero-order chi connectivity index (χ0) is 16.8. The Labute approximate surface area is 132 Å². The summed E-state index contributed by atoms with van der Waals surface area (Å²) in [5, 5.41) is 0. The Bertz CT molecular complexity index is 484. The number of rotatable bonds is 7. The van der Waals surface area contributed by atoms with Gasteiger partial charge in [-0.05, 0) is 38.7 Å². The van der Waals surface area contributed by atoms with Crippen molar-refractivity contribution in [2.24, 2.45) is 5.92 Å². The van der Waals surface area contributed by atoms with E-state index in [1.54, 1.807) is 13.8 Å². The van der Waals surface area contributed by atoms with Crippen molar-refractivity contribution in [2.45, 2.75) is 46.5 Å². The fourth-order valence-corrected chi connectivity index (χ4v) is 2.56. The lowest BCUT2D eigenvalue weighted by Gasteiger charge is -2.31. The van der Waals surface area contributed by atoms with E-state index in [0.29, 0.717) is 12.0 Å². The number of aryl methyl sites for hydroxylation is 1. The van der Waals surface area contributed by atoms with Crippen LogP contribution in [-0.2, 0) is 24.5 Å². The summed E-state index contributed by atoms with van der Waals surface area (Å²) in [7, 11) is 0. The first-order valence-electron chi connectivity index (χ1n) is 7.80. The SMILES string of the molecule is CCOC(=O)C(CC(C)C)(C(=O)OCC)c1ccc(C)cc1. The number of hydrogen-bond donors (Lipinski definition) is 0. The van der Waals surface area contributed by atoms with Crippen molar-refractivity contribution >= 4 is 11.9 Å². The van der Waals surface area contributed by atoms with Gasteiger partial charge in [-0.3, -0.25) is 9.59 Å². The quantitative estimate of drug-likeness (QED) is 0.572. The van der Waals surface area contributed by atoms with Gasteiger partial charge in [0.15, 0.2) is 5.41 Å². The largest absolute Gasteiger partial charge is 0.465 e. The zero-order valence-corrected chi connectivity index (χ0v) is 14.1. The normalized spacial score (nSPS) is 11.4. The fourth-order valence-electron chi connectivity index (χ4n) is 2.56. The van der Waals surface area contributed by atoms with Crippen molar-refractivity contribution in [1.82, 2.24) is 0 Å². The van der Waals surface area contributed by atoms with Crippen molar-refractivity contribution in [3.8, 4) is 0 Å². The molecule has 0 aliphatic carbocycles. The lowest BCUT2D eigenvalue weighted by Crippen LogP contribution is -2.47. The van der Waals surface area contributed by atoms with E-state index in [-0.39, 0.29) is 19.1 Å². The molecule has 0 radical (unpaired) electrons. The lowest BCUT2D eigenvalue weighted by molar-refractivity contribution is -0.166. The van der Waals surface area contributed by atoms with Crippen molar-refractivity contribution in [2.75, 3.05) is 13.2 Å². The van der Waals surface area contributed by atoms with Crippen molar-refractivity contribution < 1.29 is 19.1 Å². The van der Waals surface area contributed by atoms with Gasteiger partial charge in [0.25, 0.3) is 0 Å². The number of hydrogen-bond acceptors (Lipinski definition) is 4.